The molecule has 0 aliphatic rings. The van der Waals surface area contributed by atoms with E-state index in [1.54, 1.807) is 19.1 Å². The number of rotatable bonds is 3. The number of aromatic nitrogens is 2. The molecule has 0 atom stereocenters. The molecule has 0 fully saturated rings. The second-order valence-electron chi connectivity index (χ2n) is 4.87. The first-order chi connectivity index (χ1) is 9.43. The van der Waals surface area contributed by atoms with Gasteiger partial charge in [-0.25, -0.2) is 4.79 Å². The number of amides is 1. The highest BCUT2D eigenvalue weighted by atomic mass is 16.2. The molecule has 106 valence electrons. The topological polar surface area (TPSA) is 84.0 Å². The van der Waals surface area contributed by atoms with Gasteiger partial charge in [0.05, 0.1) is 10.9 Å². The van der Waals surface area contributed by atoms with E-state index < -0.39 is 5.69 Å². The van der Waals surface area contributed by atoms with Gasteiger partial charge in [-0.1, -0.05) is 0 Å². The Morgan fingerprint density at radius 2 is 2.05 bits per heavy atom. The molecule has 6 nitrogen and oxygen atoms in total. The largest absolute Gasteiger partial charge is 0.350 e. The van der Waals surface area contributed by atoms with E-state index in [0.717, 1.165) is 4.57 Å². The standard InChI is InChI=1S/C14H17N3O3/c1-4-17-13(19)10-6-5-9(12(18)15-8(2)3)7-11(10)16-14(17)20/h5-8H,4H2,1-3H3,(H,15,18)(H,16,20). The summed E-state index contributed by atoms with van der Waals surface area (Å²) < 4.78 is 1.12. The van der Waals surface area contributed by atoms with Crippen molar-refractivity contribution in [1.29, 1.82) is 0 Å². The van der Waals surface area contributed by atoms with E-state index in [2.05, 4.69) is 10.3 Å². The van der Waals surface area contributed by atoms with Gasteiger partial charge in [-0.05, 0) is 39.0 Å². The third-order valence-electron chi connectivity index (χ3n) is 2.98. The third-order valence-corrected chi connectivity index (χ3v) is 2.98. The van der Waals surface area contributed by atoms with E-state index in [1.807, 2.05) is 13.8 Å². The van der Waals surface area contributed by atoms with Crippen LogP contribution in [0, 0.1) is 0 Å². The lowest BCUT2D eigenvalue weighted by atomic mass is 10.1. The fourth-order valence-electron chi connectivity index (χ4n) is 2.03. The fraction of sp³-hybridized carbons (Fsp3) is 0.357. The van der Waals surface area contributed by atoms with Crippen LogP contribution in [0.3, 0.4) is 0 Å². The summed E-state index contributed by atoms with van der Waals surface area (Å²) in [5, 5.41) is 3.16. The van der Waals surface area contributed by atoms with Crippen molar-refractivity contribution in [3.63, 3.8) is 0 Å². The van der Waals surface area contributed by atoms with Gasteiger partial charge in [-0.3, -0.25) is 14.2 Å². The van der Waals surface area contributed by atoms with Crippen molar-refractivity contribution in [1.82, 2.24) is 14.9 Å². The lowest BCUT2D eigenvalue weighted by molar-refractivity contribution is 0.0943. The highest BCUT2D eigenvalue weighted by Gasteiger charge is 2.11. The molecule has 0 saturated carbocycles. The summed E-state index contributed by atoms with van der Waals surface area (Å²) >= 11 is 0. The van der Waals surface area contributed by atoms with Crippen LogP contribution in [0.2, 0.25) is 0 Å². The van der Waals surface area contributed by atoms with Gasteiger partial charge in [0.1, 0.15) is 0 Å². The van der Waals surface area contributed by atoms with Crippen molar-refractivity contribution in [3.8, 4) is 0 Å². The molecule has 0 bridgehead atoms. The maximum absolute atomic E-state index is 12.1. The van der Waals surface area contributed by atoms with Gasteiger partial charge in [-0.2, -0.15) is 0 Å². The molecule has 1 aromatic carbocycles. The summed E-state index contributed by atoms with van der Waals surface area (Å²) in [7, 11) is 0. The van der Waals surface area contributed by atoms with Crippen LogP contribution < -0.4 is 16.6 Å². The molecule has 2 N–H and O–H groups in total. The highest BCUT2D eigenvalue weighted by molar-refractivity contribution is 5.97. The van der Waals surface area contributed by atoms with E-state index >= 15 is 0 Å². The molecule has 6 heteroatoms. The molecule has 0 spiro atoms. The summed E-state index contributed by atoms with van der Waals surface area (Å²) in [6.45, 7) is 5.76. The third kappa shape index (κ3) is 2.49. The number of carbonyl (C=O) groups excluding carboxylic acids is 1. The van der Waals surface area contributed by atoms with Crippen LogP contribution >= 0.6 is 0 Å². The Hall–Kier alpha value is -2.37. The highest BCUT2D eigenvalue weighted by Crippen LogP contribution is 2.09. The predicted molar refractivity (Wildman–Crippen MR) is 77.1 cm³/mol. The first-order valence-corrected chi connectivity index (χ1v) is 6.51. The Morgan fingerprint density at radius 1 is 1.35 bits per heavy atom. The van der Waals surface area contributed by atoms with Gasteiger partial charge < -0.3 is 10.3 Å². The molecule has 1 heterocycles. The number of aromatic amines is 1. The van der Waals surface area contributed by atoms with E-state index in [4.69, 9.17) is 0 Å². The monoisotopic (exact) mass is 275 g/mol. The molecule has 20 heavy (non-hydrogen) atoms. The van der Waals surface area contributed by atoms with Crippen LogP contribution in [-0.2, 0) is 6.54 Å². The zero-order valence-corrected chi connectivity index (χ0v) is 11.7. The van der Waals surface area contributed by atoms with Crippen LogP contribution in [0.15, 0.2) is 27.8 Å². The number of nitrogens with zero attached hydrogens (tertiary/aromatic N) is 1. The fourth-order valence-corrected chi connectivity index (χ4v) is 2.03. The maximum atomic E-state index is 12.1. The van der Waals surface area contributed by atoms with Crippen LogP contribution in [0.4, 0.5) is 0 Å². The zero-order valence-electron chi connectivity index (χ0n) is 11.7. The van der Waals surface area contributed by atoms with Crippen LogP contribution in [0.25, 0.3) is 10.9 Å². The van der Waals surface area contributed by atoms with Crippen molar-refractivity contribution in [2.75, 3.05) is 0 Å². The summed E-state index contributed by atoms with van der Waals surface area (Å²) in [4.78, 5) is 38.4. The average molecular weight is 275 g/mol. The van der Waals surface area contributed by atoms with Gasteiger partial charge in [-0.15, -0.1) is 0 Å². The van der Waals surface area contributed by atoms with Crippen molar-refractivity contribution >= 4 is 16.8 Å². The van der Waals surface area contributed by atoms with Gasteiger partial charge in [0.15, 0.2) is 0 Å². The summed E-state index contributed by atoms with van der Waals surface area (Å²) in [6, 6.07) is 4.69. The number of carbonyl (C=O) groups is 1. The molecule has 0 radical (unpaired) electrons. The molecule has 1 amide bonds. The molecule has 1 aromatic heterocycles. The second-order valence-corrected chi connectivity index (χ2v) is 4.87. The van der Waals surface area contributed by atoms with E-state index in [-0.39, 0.29) is 17.5 Å². The van der Waals surface area contributed by atoms with Gasteiger partial charge >= 0.3 is 5.69 Å². The number of benzene rings is 1. The summed E-state index contributed by atoms with van der Waals surface area (Å²) in [5.41, 5.74) is -0.0231. The number of fused-ring (bicyclic) bond motifs is 1. The SMILES string of the molecule is CCn1c(=O)[nH]c2cc(C(=O)NC(C)C)ccc2c1=O. The molecule has 0 aliphatic carbocycles. The van der Waals surface area contributed by atoms with Crippen molar-refractivity contribution in [3.05, 3.63) is 44.6 Å². The maximum Gasteiger partial charge on any atom is 0.328 e. The van der Waals surface area contributed by atoms with Crippen molar-refractivity contribution in [2.24, 2.45) is 0 Å². The van der Waals surface area contributed by atoms with Crippen LogP contribution in [0.1, 0.15) is 31.1 Å². The molecule has 0 unspecified atom stereocenters. The first-order valence-electron chi connectivity index (χ1n) is 6.51. The van der Waals surface area contributed by atoms with Gasteiger partial charge in [0.25, 0.3) is 11.5 Å². The Kier molecular flexibility index (Phi) is 3.74. The molecule has 2 aromatic rings. The first kappa shape index (κ1) is 14.0. The van der Waals surface area contributed by atoms with E-state index in [9.17, 15) is 14.4 Å². The Morgan fingerprint density at radius 3 is 2.65 bits per heavy atom. The predicted octanol–water partition coefficient (Wildman–Crippen LogP) is 0.848. The van der Waals surface area contributed by atoms with E-state index in [1.165, 1.54) is 6.07 Å². The molecular weight excluding hydrogens is 258 g/mol. The van der Waals surface area contributed by atoms with Gasteiger partial charge in [0.2, 0.25) is 0 Å². The number of hydrogen-bond donors (Lipinski definition) is 2. The van der Waals surface area contributed by atoms with Crippen molar-refractivity contribution in [2.45, 2.75) is 33.4 Å². The molecule has 0 aliphatic heterocycles. The minimum Gasteiger partial charge on any atom is -0.350 e. The van der Waals surface area contributed by atoms with Crippen LogP contribution in [-0.4, -0.2) is 21.5 Å². The number of H-pyrrole nitrogens is 1. The van der Waals surface area contributed by atoms with Crippen LogP contribution in [0.5, 0.6) is 0 Å². The average Bonchev–Trinajstić information content (AvgIpc) is 2.37. The molecule has 0 saturated heterocycles. The van der Waals surface area contributed by atoms with Crippen molar-refractivity contribution < 1.29 is 4.79 Å². The lowest BCUT2D eigenvalue weighted by Gasteiger charge is -2.09. The summed E-state index contributed by atoms with van der Waals surface area (Å²) in [6.07, 6.45) is 0. The Labute approximate surface area is 115 Å². The zero-order chi connectivity index (χ0) is 14.9. The molecule has 2 rings (SSSR count). The Balaban J connectivity index is 2.59. The van der Waals surface area contributed by atoms with Gasteiger partial charge in [0, 0.05) is 18.2 Å². The quantitative estimate of drug-likeness (QED) is 0.871. The second kappa shape index (κ2) is 5.32. The summed E-state index contributed by atoms with van der Waals surface area (Å²) in [5.74, 6) is -0.234. The number of hydrogen-bond acceptors (Lipinski definition) is 3. The minimum absolute atomic E-state index is 0.0188. The minimum atomic E-state index is -0.466. The lowest BCUT2D eigenvalue weighted by Crippen LogP contribution is -2.34. The number of nitrogens with one attached hydrogen (secondary N) is 2. The smallest absolute Gasteiger partial charge is 0.328 e. The normalized spacial score (nSPS) is 11.0. The Bertz CT molecular complexity index is 771. The molecular formula is C14H17N3O3. The van der Waals surface area contributed by atoms with E-state index in [0.29, 0.717) is 23.0 Å².